The van der Waals surface area contributed by atoms with Gasteiger partial charge in [0.1, 0.15) is 23.3 Å². The molecule has 1 saturated heterocycles. The number of methoxy groups -OCH3 is 1. The highest BCUT2D eigenvalue weighted by molar-refractivity contribution is 6.46. The van der Waals surface area contributed by atoms with E-state index in [2.05, 4.69) is 4.98 Å². The SMILES string of the molecule is COc1cccc(C(O)=C2C(=O)C(=O)N(Cc3ccc[nH+]c3)C2c2ccco2)c1. The van der Waals surface area contributed by atoms with Gasteiger partial charge >= 0.3 is 0 Å². The maximum Gasteiger partial charge on any atom is 0.296 e. The molecule has 0 spiro atoms. The molecule has 4 rings (SSSR count). The number of hydrogen-bond acceptors (Lipinski definition) is 5. The summed E-state index contributed by atoms with van der Waals surface area (Å²) < 4.78 is 10.7. The Bertz CT molecular complexity index is 1070. The maximum absolute atomic E-state index is 12.9. The number of ketones is 1. The summed E-state index contributed by atoms with van der Waals surface area (Å²) in [6.45, 7) is 0.183. The average molecular weight is 391 g/mol. The van der Waals surface area contributed by atoms with Gasteiger partial charge in [0, 0.05) is 17.2 Å². The number of nitrogens with zero attached hydrogens (tertiary/aromatic N) is 1. The fourth-order valence-corrected chi connectivity index (χ4v) is 3.44. The van der Waals surface area contributed by atoms with E-state index in [9.17, 15) is 14.7 Å². The molecule has 3 aromatic rings. The van der Waals surface area contributed by atoms with E-state index in [1.807, 2.05) is 12.1 Å². The molecule has 3 heterocycles. The molecule has 2 aromatic heterocycles. The Morgan fingerprint density at radius 3 is 2.76 bits per heavy atom. The van der Waals surface area contributed by atoms with Crippen LogP contribution < -0.4 is 9.72 Å². The Hall–Kier alpha value is -3.87. The predicted octanol–water partition coefficient (Wildman–Crippen LogP) is 2.72. The van der Waals surface area contributed by atoms with Crippen LogP contribution in [0.2, 0.25) is 0 Å². The third kappa shape index (κ3) is 3.38. The third-order valence-corrected chi connectivity index (χ3v) is 4.82. The van der Waals surface area contributed by atoms with Crippen molar-refractivity contribution in [1.29, 1.82) is 0 Å². The molecule has 29 heavy (non-hydrogen) atoms. The molecule has 1 aliphatic rings. The molecular formula is C22H19N2O5+. The van der Waals surface area contributed by atoms with Crippen LogP contribution in [0.25, 0.3) is 5.76 Å². The van der Waals surface area contributed by atoms with Gasteiger partial charge in [-0.15, -0.1) is 0 Å². The van der Waals surface area contributed by atoms with Crippen LogP contribution in [-0.4, -0.2) is 28.8 Å². The number of ether oxygens (including phenoxy) is 1. The first-order valence-corrected chi connectivity index (χ1v) is 9.01. The average Bonchev–Trinajstić information content (AvgIpc) is 3.37. The largest absolute Gasteiger partial charge is 0.507 e. The molecule has 2 N–H and O–H groups in total. The number of benzene rings is 1. The van der Waals surface area contributed by atoms with E-state index in [-0.39, 0.29) is 17.9 Å². The van der Waals surface area contributed by atoms with E-state index < -0.39 is 17.7 Å². The van der Waals surface area contributed by atoms with Crippen LogP contribution in [0.4, 0.5) is 0 Å². The number of amides is 1. The van der Waals surface area contributed by atoms with Crippen molar-refractivity contribution in [3.8, 4) is 5.75 Å². The molecular weight excluding hydrogens is 372 g/mol. The number of hydrogen-bond donors (Lipinski definition) is 1. The molecule has 146 valence electrons. The van der Waals surface area contributed by atoms with Crippen LogP contribution in [0.3, 0.4) is 0 Å². The number of aliphatic hydroxyl groups excluding tert-OH is 1. The van der Waals surface area contributed by atoms with Crippen LogP contribution in [0.5, 0.6) is 5.75 Å². The molecule has 0 bridgehead atoms. The summed E-state index contributed by atoms with van der Waals surface area (Å²) in [5.41, 5.74) is 1.18. The lowest BCUT2D eigenvalue weighted by atomic mass is 9.99. The van der Waals surface area contributed by atoms with Crippen molar-refractivity contribution in [3.63, 3.8) is 0 Å². The molecule has 1 amide bonds. The highest BCUT2D eigenvalue weighted by Crippen LogP contribution is 2.40. The number of rotatable bonds is 5. The molecule has 1 aromatic carbocycles. The lowest BCUT2D eigenvalue weighted by Gasteiger charge is -2.22. The minimum atomic E-state index is -0.837. The second-order valence-corrected chi connectivity index (χ2v) is 6.59. The standard InChI is InChI=1S/C22H18N2O5/c1-28-16-7-2-6-15(11-16)20(25)18-19(17-8-4-10-29-17)24(22(27)21(18)26)13-14-5-3-9-23-12-14/h2-12,19,25H,13H2,1H3/p+1. The molecule has 1 unspecified atom stereocenters. The summed E-state index contributed by atoms with van der Waals surface area (Å²) in [4.78, 5) is 30.1. The predicted molar refractivity (Wildman–Crippen MR) is 103 cm³/mol. The first-order chi connectivity index (χ1) is 14.1. The summed E-state index contributed by atoms with van der Waals surface area (Å²) >= 11 is 0. The summed E-state index contributed by atoms with van der Waals surface area (Å²) in [5.74, 6) is -0.802. The number of carbonyl (C=O) groups is 2. The Balaban J connectivity index is 1.83. The summed E-state index contributed by atoms with van der Waals surface area (Å²) in [7, 11) is 1.51. The van der Waals surface area contributed by atoms with Gasteiger partial charge in [0.2, 0.25) is 0 Å². The van der Waals surface area contributed by atoms with Crippen LogP contribution in [-0.2, 0) is 16.1 Å². The third-order valence-electron chi connectivity index (χ3n) is 4.82. The second-order valence-electron chi connectivity index (χ2n) is 6.59. The zero-order valence-corrected chi connectivity index (χ0v) is 15.7. The van der Waals surface area contributed by atoms with Gasteiger partial charge in [-0.25, -0.2) is 4.98 Å². The molecule has 0 aliphatic carbocycles. The van der Waals surface area contributed by atoms with Gasteiger partial charge in [-0.05, 0) is 30.3 Å². The van der Waals surface area contributed by atoms with E-state index in [1.54, 1.807) is 48.8 Å². The van der Waals surface area contributed by atoms with Gasteiger partial charge in [0.05, 0.1) is 25.5 Å². The summed E-state index contributed by atoms with van der Waals surface area (Å²) in [6, 6.07) is 12.9. The Labute approximate surface area is 166 Å². The van der Waals surface area contributed by atoms with Gasteiger partial charge in [0.15, 0.2) is 12.4 Å². The summed E-state index contributed by atoms with van der Waals surface area (Å²) in [6.07, 6.45) is 4.97. The van der Waals surface area contributed by atoms with Crippen molar-refractivity contribution in [1.82, 2.24) is 4.90 Å². The first-order valence-electron chi connectivity index (χ1n) is 9.01. The highest BCUT2D eigenvalue weighted by atomic mass is 16.5. The number of aromatic amines is 1. The minimum absolute atomic E-state index is 0.0156. The highest BCUT2D eigenvalue weighted by Gasteiger charge is 2.47. The van der Waals surface area contributed by atoms with Gasteiger partial charge in [-0.3, -0.25) is 9.59 Å². The van der Waals surface area contributed by atoms with E-state index >= 15 is 0 Å². The Morgan fingerprint density at radius 1 is 1.21 bits per heavy atom. The minimum Gasteiger partial charge on any atom is -0.507 e. The number of pyridine rings is 1. The number of H-pyrrole nitrogens is 1. The fraction of sp³-hybridized carbons (Fsp3) is 0.136. The van der Waals surface area contributed by atoms with Gasteiger partial charge in [0.25, 0.3) is 11.7 Å². The van der Waals surface area contributed by atoms with Gasteiger partial charge in [-0.1, -0.05) is 12.1 Å². The number of aromatic nitrogens is 1. The van der Waals surface area contributed by atoms with Crippen molar-refractivity contribution < 1.29 is 28.8 Å². The Morgan fingerprint density at radius 2 is 2.07 bits per heavy atom. The van der Waals surface area contributed by atoms with Crippen molar-refractivity contribution in [3.05, 3.63) is 89.6 Å². The lowest BCUT2D eigenvalue weighted by molar-refractivity contribution is -0.378. The monoisotopic (exact) mass is 391 g/mol. The maximum atomic E-state index is 12.9. The van der Waals surface area contributed by atoms with E-state index in [1.165, 1.54) is 18.3 Å². The molecule has 7 heteroatoms. The van der Waals surface area contributed by atoms with Gasteiger partial charge < -0.3 is 19.2 Å². The molecule has 1 aliphatic heterocycles. The van der Waals surface area contributed by atoms with Crippen molar-refractivity contribution >= 4 is 17.4 Å². The van der Waals surface area contributed by atoms with Crippen LogP contribution in [0.1, 0.15) is 22.9 Å². The van der Waals surface area contributed by atoms with Crippen molar-refractivity contribution in [2.24, 2.45) is 0 Å². The quantitative estimate of drug-likeness (QED) is 0.410. The zero-order chi connectivity index (χ0) is 20.4. The normalized spacial score (nSPS) is 18.2. The molecule has 0 saturated carbocycles. The molecule has 7 nitrogen and oxygen atoms in total. The topological polar surface area (TPSA) is 94.1 Å². The summed E-state index contributed by atoms with van der Waals surface area (Å²) in [5, 5.41) is 11.0. The van der Waals surface area contributed by atoms with Crippen molar-refractivity contribution in [2.45, 2.75) is 12.6 Å². The lowest BCUT2D eigenvalue weighted by Crippen LogP contribution is -2.29. The van der Waals surface area contributed by atoms with Crippen LogP contribution >= 0.6 is 0 Å². The number of Topliss-reactive ketones (excluding diaryl/α,β-unsaturated/α-hetero) is 1. The van der Waals surface area contributed by atoms with Crippen LogP contribution in [0, 0.1) is 0 Å². The number of carbonyl (C=O) groups excluding carboxylic acids is 2. The number of likely N-dealkylation sites (tertiary alicyclic amines) is 1. The van der Waals surface area contributed by atoms with E-state index in [0.29, 0.717) is 17.1 Å². The smallest absolute Gasteiger partial charge is 0.296 e. The second kappa shape index (κ2) is 7.63. The number of nitrogens with one attached hydrogen (secondary N) is 1. The number of furan rings is 1. The van der Waals surface area contributed by atoms with E-state index in [0.717, 1.165) is 5.56 Å². The first kappa shape index (κ1) is 18.5. The van der Waals surface area contributed by atoms with Crippen LogP contribution in [0.15, 0.2) is 77.2 Å². The molecule has 1 fully saturated rings. The van der Waals surface area contributed by atoms with Crippen molar-refractivity contribution in [2.75, 3.05) is 7.11 Å². The molecule has 0 radical (unpaired) electrons. The Kier molecular flexibility index (Phi) is 4.87. The number of aliphatic hydroxyl groups is 1. The van der Waals surface area contributed by atoms with Gasteiger partial charge in [-0.2, -0.15) is 0 Å². The molecule has 1 atom stereocenters. The fourth-order valence-electron chi connectivity index (χ4n) is 3.44. The zero-order valence-electron chi connectivity index (χ0n) is 15.7. The van der Waals surface area contributed by atoms with E-state index in [4.69, 9.17) is 9.15 Å².